The van der Waals surface area contributed by atoms with Crippen LogP contribution in [0.1, 0.15) is 186 Å². The van der Waals surface area contributed by atoms with Gasteiger partial charge in [0.15, 0.2) is 23.3 Å². The molecule has 5 rings (SSSR count). The number of amides is 2. The average Bonchev–Trinajstić information content (AvgIpc) is 4.22. The fourth-order valence-electron chi connectivity index (χ4n) is 8.03. The van der Waals surface area contributed by atoms with E-state index in [2.05, 4.69) is 64.2 Å². The smallest absolute Gasteiger partial charge is 0.220 e. The number of rotatable bonds is 31. The normalized spacial score (nSPS) is 14.1. The molecule has 1 aromatic heterocycles. The SMILES string of the molecule is CC.CC.CC.CC.CC.CCCCC(CC)CC.CCc1cc(OC)c(OCCCN=O)cc1-c1cc(Nc2cccc(F)c2)nn1CCOC.COCCNC(=O)CCCCNC(=O)CCCCC1SCC2NC(N)=NC21. The largest absolute Gasteiger partial charge is 0.493 e. The molecule has 3 aromatic rings. The molecule has 2 amide bonds. The van der Waals surface area contributed by atoms with Crippen molar-refractivity contribution in [2.45, 2.75) is 211 Å². The Morgan fingerprint density at radius 2 is 1.46 bits per heavy atom. The second kappa shape index (κ2) is 53.7. The number of thioether (sulfide) groups is 1. The zero-order valence-corrected chi connectivity index (χ0v) is 53.2. The first kappa shape index (κ1) is 78.3. The van der Waals surface area contributed by atoms with E-state index in [1.807, 2.05) is 104 Å². The number of hydrogen-bond donors (Lipinski definition) is 5. The number of hydrogen-bond acceptors (Lipinski definition) is 14. The van der Waals surface area contributed by atoms with Crippen molar-refractivity contribution >= 4 is 41.0 Å². The first-order chi connectivity index (χ1) is 38.5. The predicted octanol–water partition coefficient (Wildman–Crippen LogP) is 14.3. The molecule has 18 heteroatoms. The van der Waals surface area contributed by atoms with Gasteiger partial charge in [-0.25, -0.2) is 9.38 Å². The highest BCUT2D eigenvalue weighted by molar-refractivity contribution is 8.00. The third-order valence-corrected chi connectivity index (χ3v) is 13.5. The van der Waals surface area contributed by atoms with E-state index < -0.39 is 0 Å². The van der Waals surface area contributed by atoms with Gasteiger partial charge < -0.3 is 45.9 Å². The van der Waals surface area contributed by atoms with Crippen molar-refractivity contribution in [3.63, 3.8) is 0 Å². The zero-order chi connectivity index (χ0) is 60.2. The Balaban J connectivity index is -0.00000112. The van der Waals surface area contributed by atoms with Gasteiger partial charge >= 0.3 is 0 Å². The number of methoxy groups -OCH3 is 3. The highest BCUT2D eigenvalue weighted by atomic mass is 32.2. The summed E-state index contributed by atoms with van der Waals surface area (Å²) in [5.41, 5.74) is 9.22. The van der Waals surface area contributed by atoms with E-state index in [1.54, 1.807) is 33.5 Å². The molecular formula is C61H112FN9O7S. The van der Waals surface area contributed by atoms with Crippen LogP contribution in [0, 0.1) is 16.6 Å². The summed E-state index contributed by atoms with van der Waals surface area (Å²) in [6.45, 7) is 32.2. The van der Waals surface area contributed by atoms with E-state index in [1.165, 1.54) is 44.2 Å². The lowest BCUT2D eigenvalue weighted by molar-refractivity contribution is -0.121. The van der Waals surface area contributed by atoms with Gasteiger partial charge in [-0.3, -0.25) is 14.3 Å². The number of anilines is 2. The molecule has 0 spiro atoms. The van der Waals surface area contributed by atoms with Gasteiger partial charge in [0.25, 0.3) is 0 Å². The van der Waals surface area contributed by atoms with Gasteiger partial charge in [-0.05, 0) is 73.9 Å². The Morgan fingerprint density at radius 1 is 0.810 bits per heavy atom. The molecule has 0 radical (unpaired) electrons. The number of halogens is 1. The Bertz CT molecular complexity index is 1970. The maximum absolute atomic E-state index is 13.6. The van der Waals surface area contributed by atoms with Crippen LogP contribution in [-0.2, 0) is 32.0 Å². The van der Waals surface area contributed by atoms with Crippen LogP contribution in [0.5, 0.6) is 11.5 Å². The summed E-state index contributed by atoms with van der Waals surface area (Å²) in [7, 11) is 4.84. The number of aromatic nitrogens is 2. The lowest BCUT2D eigenvalue weighted by Gasteiger charge is -2.16. The Labute approximate surface area is 483 Å². The maximum Gasteiger partial charge on any atom is 0.220 e. The van der Waals surface area contributed by atoms with Crippen LogP contribution in [0.2, 0.25) is 0 Å². The quantitative estimate of drug-likeness (QED) is 0.0302. The highest BCUT2D eigenvalue weighted by Gasteiger charge is 2.40. The minimum Gasteiger partial charge on any atom is -0.493 e. The molecule has 79 heavy (non-hydrogen) atoms. The molecule has 16 nitrogen and oxygen atoms in total. The van der Waals surface area contributed by atoms with Gasteiger partial charge in [0.1, 0.15) is 5.82 Å². The van der Waals surface area contributed by atoms with Gasteiger partial charge in [-0.1, -0.05) is 147 Å². The van der Waals surface area contributed by atoms with Crippen LogP contribution >= 0.6 is 11.8 Å². The molecule has 3 atom stereocenters. The fraction of sp³-hybridized carbons (Fsp3) is 0.705. The molecule has 2 aliphatic heterocycles. The number of nitrogens with two attached hydrogens (primary N) is 1. The molecule has 2 aromatic carbocycles. The molecule has 1 fully saturated rings. The second-order valence-corrected chi connectivity index (χ2v) is 18.5. The summed E-state index contributed by atoms with van der Waals surface area (Å²) >= 11 is 1.96. The second-order valence-electron chi connectivity index (χ2n) is 17.2. The number of unbranched alkanes of at least 4 members (excludes halogenated alkanes) is 3. The van der Waals surface area contributed by atoms with E-state index >= 15 is 0 Å². The van der Waals surface area contributed by atoms with Crippen molar-refractivity contribution in [2.24, 2.45) is 21.8 Å². The van der Waals surface area contributed by atoms with Crippen LogP contribution in [0.25, 0.3) is 11.3 Å². The molecule has 3 unspecified atom stereocenters. The summed E-state index contributed by atoms with van der Waals surface area (Å²) in [5, 5.41) is 20.2. The van der Waals surface area contributed by atoms with Crippen molar-refractivity contribution in [2.75, 3.05) is 71.9 Å². The first-order valence-corrected chi connectivity index (χ1v) is 31.0. The monoisotopic (exact) mass is 1130 g/mol. The Morgan fingerprint density at radius 3 is 2.04 bits per heavy atom. The van der Waals surface area contributed by atoms with Crippen LogP contribution in [0.15, 0.2) is 52.6 Å². The Hall–Kier alpha value is -4.94. The van der Waals surface area contributed by atoms with Crippen LogP contribution in [0.3, 0.4) is 0 Å². The molecule has 3 heterocycles. The van der Waals surface area contributed by atoms with E-state index in [-0.39, 0.29) is 24.2 Å². The number of carbonyl (C=O) groups is 2. The lowest BCUT2D eigenvalue weighted by Crippen LogP contribution is -2.38. The van der Waals surface area contributed by atoms with E-state index in [9.17, 15) is 18.9 Å². The number of aliphatic imine (C=N–C) groups is 1. The van der Waals surface area contributed by atoms with Crippen molar-refractivity contribution < 1.29 is 32.9 Å². The van der Waals surface area contributed by atoms with Crippen LogP contribution < -0.4 is 36.5 Å². The standard InChI is InChI=1S/C24H29FN4O4.C18H33N5O3S.C9H20.5C2H6/c1-4-17-13-22(32-3)23(33-11-6-9-26-30)15-20(17)21-16-24(28-29(21)10-12-31-2)27-19-8-5-7-18(25)14-19;1-26-11-10-21-16(25)8-4-5-9-20-15(24)7-3-2-6-14-17-13(12-27-14)22-18(19)23-17;1-4-7-8-9(5-2)6-3;5*1-2/h5,7-8,13-16H,4,6,9-12H2,1-3H3,(H,27,28);13-14,17H,2-12H2,1H3,(H,20,24)(H,21,25)(H3,19,22,23);9H,4-8H2,1-3H3;5*1-2H3. The van der Waals surface area contributed by atoms with Crippen molar-refractivity contribution in [1.29, 1.82) is 0 Å². The van der Waals surface area contributed by atoms with E-state index in [0.717, 1.165) is 67.0 Å². The number of aryl methyl sites for hydroxylation is 1. The van der Waals surface area contributed by atoms with Gasteiger partial charge in [0.05, 0.1) is 57.8 Å². The number of guanidine groups is 1. The van der Waals surface area contributed by atoms with E-state index in [0.29, 0.717) is 105 Å². The molecule has 0 saturated carbocycles. The minimum absolute atomic E-state index is 0.0361. The first-order valence-electron chi connectivity index (χ1n) is 30.0. The molecule has 0 aliphatic carbocycles. The molecular weight excluding hydrogens is 1020 g/mol. The zero-order valence-electron chi connectivity index (χ0n) is 52.4. The van der Waals surface area contributed by atoms with Crippen molar-refractivity contribution in [3.05, 3.63) is 58.8 Å². The topological polar surface area (TPSA) is 205 Å². The highest BCUT2D eigenvalue weighted by Crippen LogP contribution is 2.38. The molecule has 2 aliphatic rings. The summed E-state index contributed by atoms with van der Waals surface area (Å²) in [6, 6.07) is 12.7. The third kappa shape index (κ3) is 34.1. The van der Waals surface area contributed by atoms with Crippen LogP contribution in [0.4, 0.5) is 15.9 Å². The number of ether oxygens (including phenoxy) is 4. The van der Waals surface area contributed by atoms with Gasteiger partial charge in [-0.15, -0.1) is 0 Å². The van der Waals surface area contributed by atoms with Gasteiger partial charge in [0.2, 0.25) is 11.8 Å². The number of nitrogens with one attached hydrogen (secondary N) is 4. The molecule has 0 bridgehead atoms. The average molecular weight is 1130 g/mol. The maximum atomic E-state index is 13.6. The minimum atomic E-state index is -0.325. The van der Waals surface area contributed by atoms with Crippen molar-refractivity contribution in [3.8, 4) is 22.8 Å². The summed E-state index contributed by atoms with van der Waals surface area (Å²) in [5.74, 6) is 4.23. The Kier molecular flexibility index (Phi) is 53.2. The van der Waals surface area contributed by atoms with Gasteiger partial charge in [-0.2, -0.15) is 21.8 Å². The predicted molar refractivity (Wildman–Crippen MR) is 335 cm³/mol. The number of carbonyl (C=O) groups excluding carboxylic acids is 2. The molecule has 1 saturated heterocycles. The molecule has 456 valence electrons. The summed E-state index contributed by atoms with van der Waals surface area (Å²) in [4.78, 5) is 38.2. The van der Waals surface area contributed by atoms with Crippen LogP contribution in [-0.4, -0.2) is 111 Å². The van der Waals surface area contributed by atoms with Crippen molar-refractivity contribution in [1.82, 2.24) is 25.7 Å². The fourth-order valence-corrected chi connectivity index (χ4v) is 9.54. The number of benzene rings is 2. The summed E-state index contributed by atoms with van der Waals surface area (Å²) in [6.07, 6.45) is 13.9. The number of fused-ring (bicyclic) bond motifs is 1. The number of nitroso groups, excluding NO2 is 1. The van der Waals surface area contributed by atoms with E-state index in [4.69, 9.17) is 24.7 Å². The lowest BCUT2D eigenvalue weighted by atomic mass is 9.97. The summed E-state index contributed by atoms with van der Waals surface area (Å²) < 4.78 is 37.0. The number of nitrogens with zero attached hydrogens (tertiary/aromatic N) is 4. The van der Waals surface area contributed by atoms with Gasteiger partial charge in [0, 0.05) is 74.9 Å². The molecule has 6 N–H and O–H groups in total. The third-order valence-electron chi connectivity index (χ3n) is 12.0.